The molecular weight excluding hydrogens is 322 g/mol. The summed E-state index contributed by atoms with van der Waals surface area (Å²) in [5, 5.41) is 0. The summed E-state index contributed by atoms with van der Waals surface area (Å²) in [5.74, 6) is 0.827. The van der Waals surface area contributed by atoms with Crippen LogP contribution < -0.4 is 0 Å². The molecule has 0 aliphatic heterocycles. The van der Waals surface area contributed by atoms with E-state index in [0.717, 1.165) is 12.0 Å². The quantitative estimate of drug-likeness (QED) is 0.384. The third kappa shape index (κ3) is 22.6. The zero-order chi connectivity index (χ0) is 9.82. The van der Waals surface area contributed by atoms with Crippen LogP contribution in [0.5, 0.6) is 0 Å². The fourth-order valence-electron chi connectivity index (χ4n) is 0.470. The van der Waals surface area contributed by atoms with Gasteiger partial charge in [-0.1, -0.05) is 51.6 Å². The van der Waals surface area contributed by atoms with Gasteiger partial charge in [-0.15, -0.1) is 20.8 Å². The molecule has 0 nitrogen and oxygen atoms in total. The topological polar surface area (TPSA) is 0 Å². The fourth-order valence-corrected chi connectivity index (χ4v) is 2.50. The summed E-state index contributed by atoms with van der Waals surface area (Å²) >= 11 is 12.1. The highest BCUT2D eigenvalue weighted by atomic mass is 79.9. The van der Waals surface area contributed by atoms with Gasteiger partial charge >= 0.3 is 0 Å². The van der Waals surface area contributed by atoms with E-state index in [1.165, 1.54) is 25.7 Å². The smallest absolute Gasteiger partial charge is 0.0701 e. The summed E-state index contributed by atoms with van der Waals surface area (Å²) in [6, 6.07) is 0. The maximum absolute atomic E-state index is 5.38. The van der Waals surface area contributed by atoms with Crippen LogP contribution >= 0.6 is 52.7 Å². The minimum absolute atomic E-state index is 0.502. The first-order chi connectivity index (χ1) is 5.68. The molecule has 0 fully saturated rings. The Hall–Kier alpha value is 1.68. The normalized spacial score (nSPS) is 9.50. The number of alkyl halides is 3. The van der Waals surface area contributed by atoms with Crippen molar-refractivity contribution in [3.8, 4) is 0 Å². The molecule has 0 radical (unpaired) electrons. The van der Waals surface area contributed by atoms with Crippen molar-refractivity contribution in [2.75, 3.05) is 12.0 Å². The zero-order valence-electron chi connectivity index (χ0n) is 7.53. The lowest BCUT2D eigenvalue weighted by Gasteiger charge is -1.91. The van der Waals surface area contributed by atoms with Gasteiger partial charge in [0.1, 0.15) is 0 Å². The minimum atomic E-state index is 0.502. The number of hydrogen-bond acceptors (Lipinski definition) is 0. The van der Waals surface area contributed by atoms with E-state index in [1.807, 2.05) is 0 Å². The first-order valence-electron chi connectivity index (χ1n) is 4.23. The lowest BCUT2D eigenvalue weighted by Crippen LogP contribution is -1.82. The van der Waals surface area contributed by atoms with E-state index in [1.54, 1.807) is 0 Å². The molecule has 0 heterocycles. The van der Waals surface area contributed by atoms with Crippen LogP contribution in [0.4, 0.5) is 0 Å². The van der Waals surface area contributed by atoms with Gasteiger partial charge in [0.15, 0.2) is 0 Å². The van der Waals surface area contributed by atoms with Crippen LogP contribution in [0.2, 0.25) is 0 Å². The van der Waals surface area contributed by atoms with Gasteiger partial charge in [0, 0.05) is 5.88 Å². The van der Waals surface area contributed by atoms with Crippen molar-refractivity contribution in [1.29, 1.82) is 0 Å². The van der Waals surface area contributed by atoms with Crippen molar-refractivity contribution < 1.29 is 0 Å². The SMILES string of the molecule is CCCCCCl.PCCC(Br)Br. The van der Waals surface area contributed by atoms with E-state index >= 15 is 0 Å². The van der Waals surface area contributed by atoms with Crippen molar-refractivity contribution >= 4 is 52.7 Å². The Labute approximate surface area is 101 Å². The van der Waals surface area contributed by atoms with Crippen molar-refractivity contribution in [3.05, 3.63) is 0 Å². The van der Waals surface area contributed by atoms with Crippen LogP contribution in [0.25, 0.3) is 0 Å². The predicted molar refractivity (Wildman–Crippen MR) is 71.1 cm³/mol. The van der Waals surface area contributed by atoms with Crippen LogP contribution in [-0.2, 0) is 0 Å². The molecule has 0 aromatic rings. The maximum Gasteiger partial charge on any atom is 0.0701 e. The molecule has 0 amide bonds. The molecule has 0 bridgehead atoms. The minimum Gasteiger partial charge on any atom is -0.138 e. The molecule has 0 N–H and O–H groups in total. The largest absolute Gasteiger partial charge is 0.138 e. The van der Waals surface area contributed by atoms with E-state index in [4.69, 9.17) is 11.6 Å². The van der Waals surface area contributed by atoms with E-state index < -0.39 is 0 Å². The Morgan fingerprint density at radius 1 is 1.33 bits per heavy atom. The molecule has 0 saturated carbocycles. The van der Waals surface area contributed by atoms with Crippen molar-refractivity contribution in [2.24, 2.45) is 0 Å². The Bertz CT molecular complexity index is 68.1. The predicted octanol–water partition coefficient (Wildman–Crippen LogP) is 4.78. The Balaban J connectivity index is 0. The second kappa shape index (κ2) is 15.2. The second-order valence-electron chi connectivity index (χ2n) is 2.36. The molecule has 0 saturated heterocycles. The first-order valence-corrected chi connectivity index (χ1v) is 7.41. The number of rotatable bonds is 5. The second-order valence-corrected chi connectivity index (χ2v) is 6.76. The van der Waals surface area contributed by atoms with Crippen LogP contribution in [-0.4, -0.2) is 15.8 Å². The molecule has 1 atom stereocenters. The average Bonchev–Trinajstić information content (AvgIpc) is 2.02. The molecule has 0 aliphatic carbocycles. The molecule has 0 aliphatic rings. The molecule has 0 spiro atoms. The van der Waals surface area contributed by atoms with Crippen LogP contribution in [0.1, 0.15) is 32.6 Å². The Morgan fingerprint density at radius 2 is 1.92 bits per heavy atom. The van der Waals surface area contributed by atoms with Gasteiger partial charge in [0.2, 0.25) is 0 Å². The summed E-state index contributed by atoms with van der Waals surface area (Å²) < 4.78 is 0.502. The van der Waals surface area contributed by atoms with Crippen molar-refractivity contribution in [2.45, 2.75) is 36.3 Å². The molecule has 76 valence electrons. The van der Waals surface area contributed by atoms with Gasteiger partial charge in [0.25, 0.3) is 0 Å². The molecule has 0 aromatic carbocycles. The van der Waals surface area contributed by atoms with Gasteiger partial charge in [-0.3, -0.25) is 0 Å². The highest BCUT2D eigenvalue weighted by molar-refractivity contribution is 9.24. The molecule has 12 heavy (non-hydrogen) atoms. The monoisotopic (exact) mass is 338 g/mol. The van der Waals surface area contributed by atoms with E-state index in [9.17, 15) is 0 Å². The Morgan fingerprint density at radius 3 is 2.00 bits per heavy atom. The Kier molecular flexibility index (Phi) is 20.4. The van der Waals surface area contributed by atoms with Crippen LogP contribution in [0.3, 0.4) is 0 Å². The summed E-state index contributed by atoms with van der Waals surface area (Å²) in [5.41, 5.74) is 0. The number of unbranched alkanes of at least 4 members (excludes halogenated alkanes) is 2. The van der Waals surface area contributed by atoms with Gasteiger partial charge < -0.3 is 0 Å². The fraction of sp³-hybridized carbons (Fsp3) is 1.00. The summed E-state index contributed by atoms with van der Waals surface area (Å²) in [4.78, 5) is 0. The third-order valence-electron chi connectivity index (χ3n) is 1.12. The number of hydrogen-bond donors (Lipinski definition) is 0. The lowest BCUT2D eigenvalue weighted by molar-refractivity contribution is 0.776. The number of halogens is 3. The highest BCUT2D eigenvalue weighted by Gasteiger charge is 1.90. The standard InChI is InChI=1S/C5H11Cl.C3H7Br2P/c1-2-3-4-5-6;4-3(5)1-2-6/h2-5H2,1H3;3H,1-2,6H2. The van der Waals surface area contributed by atoms with Crippen LogP contribution in [0, 0.1) is 0 Å². The van der Waals surface area contributed by atoms with Gasteiger partial charge in [-0.25, -0.2) is 0 Å². The van der Waals surface area contributed by atoms with Crippen molar-refractivity contribution in [1.82, 2.24) is 0 Å². The van der Waals surface area contributed by atoms with Gasteiger partial charge in [0.05, 0.1) is 3.74 Å². The zero-order valence-corrected chi connectivity index (χ0v) is 12.6. The van der Waals surface area contributed by atoms with E-state index in [0.29, 0.717) is 3.74 Å². The molecule has 0 rings (SSSR count). The lowest BCUT2D eigenvalue weighted by atomic mass is 10.3. The summed E-state index contributed by atoms with van der Waals surface area (Å²) in [6.07, 6.45) is 6.06. The average molecular weight is 340 g/mol. The highest BCUT2D eigenvalue weighted by Crippen LogP contribution is 2.12. The van der Waals surface area contributed by atoms with E-state index in [2.05, 4.69) is 48.0 Å². The maximum atomic E-state index is 5.38. The van der Waals surface area contributed by atoms with E-state index in [-0.39, 0.29) is 0 Å². The van der Waals surface area contributed by atoms with Gasteiger partial charge in [-0.05, 0) is 19.0 Å². The van der Waals surface area contributed by atoms with Crippen LogP contribution in [0.15, 0.2) is 0 Å². The van der Waals surface area contributed by atoms with Crippen molar-refractivity contribution in [3.63, 3.8) is 0 Å². The first kappa shape index (κ1) is 16.1. The third-order valence-corrected chi connectivity index (χ3v) is 2.64. The summed E-state index contributed by atoms with van der Waals surface area (Å²) in [7, 11) is 2.66. The summed E-state index contributed by atoms with van der Waals surface area (Å²) in [6.45, 7) is 2.17. The molecule has 0 aromatic heterocycles. The van der Waals surface area contributed by atoms with Gasteiger partial charge in [-0.2, -0.15) is 0 Å². The molecular formula is C8H18Br2ClP. The molecule has 1 unspecified atom stereocenters. The molecule has 4 heteroatoms.